The molecule has 1 heterocycles. The van der Waals surface area contributed by atoms with Gasteiger partial charge < -0.3 is 15.8 Å². The van der Waals surface area contributed by atoms with Crippen molar-refractivity contribution in [2.75, 3.05) is 5.32 Å². The zero-order chi connectivity index (χ0) is 20.3. The highest BCUT2D eigenvalue weighted by Gasteiger charge is 2.23. The predicted octanol–water partition coefficient (Wildman–Crippen LogP) is 4.06. The third-order valence-corrected chi connectivity index (χ3v) is 4.54. The summed E-state index contributed by atoms with van der Waals surface area (Å²) in [4.78, 5) is 33.5. The van der Waals surface area contributed by atoms with Gasteiger partial charge in [0.05, 0.1) is 5.56 Å². The van der Waals surface area contributed by atoms with Crippen LogP contribution < -0.4 is 11.1 Å². The van der Waals surface area contributed by atoms with E-state index < -0.39 is 5.91 Å². The molecule has 0 aliphatic heterocycles. The Labute approximate surface area is 160 Å². The van der Waals surface area contributed by atoms with Gasteiger partial charge in [-0.05, 0) is 52.0 Å². The minimum Gasteiger partial charge on any atom is -0.460 e. The highest BCUT2D eigenvalue weighted by molar-refractivity contribution is 7.16. The summed E-state index contributed by atoms with van der Waals surface area (Å²) in [5.41, 5.74) is 6.56. The highest BCUT2D eigenvalue weighted by Crippen LogP contribution is 2.37. The lowest BCUT2D eigenvalue weighted by Gasteiger charge is -2.18. The second-order valence-corrected chi connectivity index (χ2v) is 7.59. The van der Waals surface area contributed by atoms with Crippen molar-refractivity contribution in [1.82, 2.24) is 0 Å². The Hall–Kier alpha value is -1.89. The van der Waals surface area contributed by atoms with Crippen LogP contribution >= 0.6 is 11.3 Å². The van der Waals surface area contributed by atoms with Crippen LogP contribution in [-0.4, -0.2) is 23.9 Å². The lowest BCUT2D eigenvalue weighted by Crippen LogP contribution is -2.23. The number of esters is 1. The second-order valence-electron chi connectivity index (χ2n) is 6.48. The smallest absolute Gasteiger partial charge is 0.306 e. The number of rotatable bonds is 4. The number of primary amides is 1. The number of amides is 2. The molecular formula is C19H32N2O4S. The van der Waals surface area contributed by atoms with Gasteiger partial charge in [-0.1, -0.05) is 20.8 Å². The lowest BCUT2D eigenvalue weighted by molar-refractivity contribution is -0.154. The molecule has 2 rings (SSSR count). The fourth-order valence-electron chi connectivity index (χ4n) is 2.40. The summed E-state index contributed by atoms with van der Waals surface area (Å²) < 4.78 is 4.95. The van der Waals surface area contributed by atoms with Gasteiger partial charge in [0.15, 0.2) is 0 Å². The van der Waals surface area contributed by atoms with E-state index in [1.54, 1.807) is 6.92 Å². The van der Waals surface area contributed by atoms with Crippen molar-refractivity contribution >= 4 is 34.6 Å². The molecule has 148 valence electrons. The van der Waals surface area contributed by atoms with Crippen molar-refractivity contribution in [3.63, 3.8) is 0 Å². The van der Waals surface area contributed by atoms with Crippen LogP contribution in [0.1, 0.15) is 81.6 Å². The number of nitrogens with one attached hydrogen (secondary N) is 1. The average molecular weight is 385 g/mol. The van der Waals surface area contributed by atoms with Gasteiger partial charge in [0.25, 0.3) is 5.91 Å². The van der Waals surface area contributed by atoms with E-state index in [4.69, 9.17) is 10.5 Å². The van der Waals surface area contributed by atoms with Gasteiger partial charge in [0.2, 0.25) is 6.41 Å². The number of carbonyl (C=O) groups excluding carboxylic acids is 3. The van der Waals surface area contributed by atoms with Gasteiger partial charge in [-0.3, -0.25) is 14.4 Å². The topological polar surface area (TPSA) is 98.5 Å². The van der Waals surface area contributed by atoms with Crippen LogP contribution in [0.5, 0.6) is 0 Å². The van der Waals surface area contributed by atoms with Gasteiger partial charge >= 0.3 is 5.97 Å². The molecule has 1 aromatic heterocycles. The van der Waals surface area contributed by atoms with Gasteiger partial charge in [-0.25, -0.2) is 0 Å². The Bertz CT molecular complexity index is 603. The van der Waals surface area contributed by atoms with Gasteiger partial charge in [-0.15, -0.1) is 11.3 Å². The summed E-state index contributed by atoms with van der Waals surface area (Å²) in [5.74, 6) is -0.582. The minimum atomic E-state index is -0.446. The molecule has 6 nitrogen and oxygen atoms in total. The lowest BCUT2D eigenvalue weighted by atomic mass is 9.95. The van der Waals surface area contributed by atoms with Crippen LogP contribution in [0.4, 0.5) is 5.00 Å². The SMILES string of the molecule is CC.CCC(=O)OC(C)(C)C.NC(=O)c1c(NC=O)sc2c1CCCC2. The molecule has 0 unspecified atom stereocenters. The van der Waals surface area contributed by atoms with E-state index in [-0.39, 0.29) is 11.6 Å². The minimum absolute atomic E-state index is 0.137. The largest absolute Gasteiger partial charge is 0.460 e. The maximum absolute atomic E-state index is 11.3. The number of carbonyl (C=O) groups is 3. The van der Waals surface area contributed by atoms with E-state index in [1.807, 2.05) is 34.6 Å². The zero-order valence-electron chi connectivity index (χ0n) is 16.7. The second kappa shape index (κ2) is 11.7. The van der Waals surface area contributed by atoms with Gasteiger partial charge in [0, 0.05) is 11.3 Å². The Morgan fingerprint density at radius 2 is 1.81 bits per heavy atom. The molecule has 0 bridgehead atoms. The molecule has 0 spiro atoms. The van der Waals surface area contributed by atoms with Crippen LogP contribution in [0.15, 0.2) is 0 Å². The number of hydrogen-bond acceptors (Lipinski definition) is 5. The average Bonchev–Trinajstić information content (AvgIpc) is 2.94. The fourth-order valence-corrected chi connectivity index (χ4v) is 3.65. The molecule has 2 amide bonds. The quantitative estimate of drug-likeness (QED) is 0.604. The molecular weight excluding hydrogens is 352 g/mol. The van der Waals surface area contributed by atoms with Crippen LogP contribution in [0.25, 0.3) is 0 Å². The van der Waals surface area contributed by atoms with E-state index >= 15 is 0 Å². The Morgan fingerprint density at radius 3 is 2.23 bits per heavy atom. The molecule has 1 aliphatic rings. The number of aryl methyl sites for hydroxylation is 1. The predicted molar refractivity (Wildman–Crippen MR) is 107 cm³/mol. The van der Waals surface area contributed by atoms with E-state index in [9.17, 15) is 14.4 Å². The molecule has 0 saturated carbocycles. The summed E-state index contributed by atoms with van der Waals surface area (Å²) in [6, 6.07) is 0. The Kier molecular flexibility index (Phi) is 10.8. The number of thiophene rings is 1. The van der Waals surface area contributed by atoms with Crippen molar-refractivity contribution in [3.8, 4) is 0 Å². The first-order valence-electron chi connectivity index (χ1n) is 9.06. The summed E-state index contributed by atoms with van der Waals surface area (Å²) in [6.07, 6.45) is 5.16. The van der Waals surface area contributed by atoms with Crippen LogP contribution in [0, 0.1) is 0 Å². The maximum Gasteiger partial charge on any atom is 0.306 e. The standard InChI is InChI=1S/C10H12N2O2S.C7H14O2.C2H6/c11-9(14)8-6-3-1-2-4-7(6)15-10(8)12-5-13;1-5-6(8)9-7(2,3)4;1-2/h5H,1-4H2,(H2,11,14)(H,12,13);5H2,1-4H3;1-2H3. The molecule has 0 radical (unpaired) electrons. The number of fused-ring (bicyclic) bond motifs is 1. The van der Waals surface area contributed by atoms with Crippen LogP contribution in [0.2, 0.25) is 0 Å². The molecule has 26 heavy (non-hydrogen) atoms. The number of hydrogen-bond donors (Lipinski definition) is 2. The molecule has 0 aromatic carbocycles. The third-order valence-electron chi connectivity index (χ3n) is 3.32. The van der Waals surface area contributed by atoms with Crippen molar-refractivity contribution < 1.29 is 19.1 Å². The number of anilines is 1. The summed E-state index contributed by atoms with van der Waals surface area (Å²) in [7, 11) is 0. The Balaban J connectivity index is 0.000000492. The normalized spacial score (nSPS) is 12.4. The third kappa shape index (κ3) is 7.99. The maximum atomic E-state index is 11.3. The summed E-state index contributed by atoms with van der Waals surface area (Å²) in [6.45, 7) is 11.4. The highest BCUT2D eigenvalue weighted by atomic mass is 32.1. The number of ether oxygens (including phenoxy) is 1. The first kappa shape index (κ1) is 24.1. The first-order valence-corrected chi connectivity index (χ1v) is 9.87. The van der Waals surface area contributed by atoms with E-state index in [0.29, 0.717) is 23.4 Å². The zero-order valence-corrected chi connectivity index (χ0v) is 17.5. The number of nitrogens with two attached hydrogens (primary N) is 1. The molecule has 7 heteroatoms. The molecule has 1 aliphatic carbocycles. The van der Waals surface area contributed by atoms with Crippen molar-refractivity contribution in [1.29, 1.82) is 0 Å². The van der Waals surface area contributed by atoms with Crippen molar-refractivity contribution in [2.45, 2.75) is 79.2 Å². The van der Waals surface area contributed by atoms with Crippen LogP contribution in [0.3, 0.4) is 0 Å². The van der Waals surface area contributed by atoms with E-state index in [1.165, 1.54) is 16.2 Å². The van der Waals surface area contributed by atoms with E-state index in [2.05, 4.69) is 5.32 Å². The monoisotopic (exact) mass is 384 g/mol. The first-order chi connectivity index (χ1) is 12.2. The molecule has 0 fully saturated rings. The van der Waals surface area contributed by atoms with Gasteiger partial charge in [-0.2, -0.15) is 0 Å². The molecule has 0 atom stereocenters. The van der Waals surface area contributed by atoms with Crippen molar-refractivity contribution in [2.24, 2.45) is 5.73 Å². The van der Waals surface area contributed by atoms with Gasteiger partial charge in [0.1, 0.15) is 10.6 Å². The molecule has 0 saturated heterocycles. The van der Waals surface area contributed by atoms with E-state index in [0.717, 1.165) is 31.2 Å². The Morgan fingerprint density at radius 1 is 1.23 bits per heavy atom. The van der Waals surface area contributed by atoms with Crippen LogP contribution in [-0.2, 0) is 27.2 Å². The summed E-state index contributed by atoms with van der Waals surface area (Å²) >= 11 is 1.47. The molecule has 3 N–H and O–H groups in total. The summed E-state index contributed by atoms with van der Waals surface area (Å²) in [5, 5.41) is 3.15. The fraction of sp³-hybridized carbons (Fsp3) is 0.632. The molecule has 1 aromatic rings. The van der Waals surface area contributed by atoms with Crippen molar-refractivity contribution in [3.05, 3.63) is 16.0 Å².